The van der Waals surface area contributed by atoms with Crippen LogP contribution in [-0.2, 0) is 6.61 Å². The third-order valence-electron chi connectivity index (χ3n) is 4.96. The molecule has 0 aliphatic carbocycles. The van der Waals surface area contributed by atoms with Gasteiger partial charge in [0.2, 0.25) is 0 Å². The lowest BCUT2D eigenvalue weighted by Crippen LogP contribution is -2.00. The van der Waals surface area contributed by atoms with E-state index in [0.29, 0.717) is 12.2 Å². The van der Waals surface area contributed by atoms with Crippen LogP contribution in [0.5, 0.6) is 11.5 Å². The number of hydrogen-bond donors (Lipinski definition) is 0. The van der Waals surface area contributed by atoms with Crippen molar-refractivity contribution in [3.8, 4) is 17.2 Å². The lowest BCUT2D eigenvalue weighted by atomic mass is 10.1. The van der Waals surface area contributed by atoms with E-state index < -0.39 is 0 Å². The van der Waals surface area contributed by atoms with Crippen LogP contribution in [0.1, 0.15) is 21.5 Å². The van der Waals surface area contributed by atoms with Crippen LogP contribution in [0.25, 0.3) is 11.8 Å². The quantitative estimate of drug-likeness (QED) is 0.204. The summed E-state index contributed by atoms with van der Waals surface area (Å²) >= 11 is 3.45. The first kappa shape index (κ1) is 21.7. The SMILES string of the molecule is COc1ccc(/C=C/C(=O)c2cccc(-n3cccc3)c2)cc1COc1cccc(Br)c1. The van der Waals surface area contributed by atoms with E-state index in [1.165, 1.54) is 0 Å². The van der Waals surface area contributed by atoms with Gasteiger partial charge < -0.3 is 14.0 Å². The fraction of sp³-hybridized carbons (Fsp3) is 0.0741. The van der Waals surface area contributed by atoms with Crippen LogP contribution in [0, 0.1) is 0 Å². The van der Waals surface area contributed by atoms with E-state index in [2.05, 4.69) is 15.9 Å². The second kappa shape index (κ2) is 10.2. The Morgan fingerprint density at radius 3 is 2.56 bits per heavy atom. The molecule has 0 N–H and O–H groups in total. The van der Waals surface area contributed by atoms with Crippen LogP contribution in [0.3, 0.4) is 0 Å². The summed E-state index contributed by atoms with van der Waals surface area (Å²) in [6, 6.07) is 24.9. The van der Waals surface area contributed by atoms with E-state index >= 15 is 0 Å². The molecule has 32 heavy (non-hydrogen) atoms. The lowest BCUT2D eigenvalue weighted by Gasteiger charge is -2.11. The highest BCUT2D eigenvalue weighted by molar-refractivity contribution is 9.10. The molecule has 4 aromatic rings. The van der Waals surface area contributed by atoms with E-state index in [1.807, 2.05) is 102 Å². The monoisotopic (exact) mass is 487 g/mol. The van der Waals surface area contributed by atoms with Crippen molar-refractivity contribution in [1.29, 1.82) is 0 Å². The molecule has 4 nitrogen and oxygen atoms in total. The zero-order valence-electron chi connectivity index (χ0n) is 17.6. The molecule has 0 aliphatic rings. The smallest absolute Gasteiger partial charge is 0.185 e. The Morgan fingerprint density at radius 1 is 0.969 bits per heavy atom. The summed E-state index contributed by atoms with van der Waals surface area (Å²) in [5.74, 6) is 1.45. The third kappa shape index (κ3) is 5.37. The number of halogens is 1. The molecule has 0 aliphatic heterocycles. The normalized spacial score (nSPS) is 10.9. The molecule has 4 rings (SSSR count). The molecule has 0 amide bonds. The summed E-state index contributed by atoms with van der Waals surface area (Å²) in [6.45, 7) is 0.355. The predicted octanol–water partition coefficient (Wildman–Crippen LogP) is 6.72. The predicted molar refractivity (Wildman–Crippen MR) is 131 cm³/mol. The number of aromatic nitrogens is 1. The van der Waals surface area contributed by atoms with Gasteiger partial charge in [0.15, 0.2) is 5.78 Å². The van der Waals surface area contributed by atoms with Gasteiger partial charge in [0.25, 0.3) is 0 Å². The van der Waals surface area contributed by atoms with E-state index in [4.69, 9.17) is 9.47 Å². The summed E-state index contributed by atoms with van der Waals surface area (Å²) < 4.78 is 14.3. The minimum atomic E-state index is -0.0539. The molecule has 0 saturated carbocycles. The van der Waals surface area contributed by atoms with Crippen molar-refractivity contribution < 1.29 is 14.3 Å². The number of hydrogen-bond acceptors (Lipinski definition) is 3. The zero-order chi connectivity index (χ0) is 22.3. The Labute approximate surface area is 195 Å². The Hall–Kier alpha value is -3.57. The molecule has 1 heterocycles. The van der Waals surface area contributed by atoms with E-state index in [-0.39, 0.29) is 5.78 Å². The molecule has 0 spiro atoms. The number of ketones is 1. The second-order valence-corrected chi connectivity index (χ2v) is 8.07. The first-order valence-electron chi connectivity index (χ1n) is 10.1. The van der Waals surface area contributed by atoms with Crippen molar-refractivity contribution in [2.45, 2.75) is 6.61 Å². The number of carbonyl (C=O) groups is 1. The van der Waals surface area contributed by atoms with Gasteiger partial charge in [0, 0.05) is 33.7 Å². The molecule has 0 saturated heterocycles. The highest BCUT2D eigenvalue weighted by Crippen LogP contribution is 2.24. The summed E-state index contributed by atoms with van der Waals surface area (Å²) in [7, 11) is 1.63. The van der Waals surface area contributed by atoms with Gasteiger partial charge in [0.05, 0.1) is 7.11 Å². The maximum Gasteiger partial charge on any atom is 0.185 e. The molecule has 0 fully saturated rings. The maximum absolute atomic E-state index is 12.7. The Morgan fingerprint density at radius 2 is 1.78 bits per heavy atom. The van der Waals surface area contributed by atoms with E-state index in [9.17, 15) is 4.79 Å². The highest BCUT2D eigenvalue weighted by Gasteiger charge is 2.07. The summed E-state index contributed by atoms with van der Waals surface area (Å²) in [4.78, 5) is 12.7. The largest absolute Gasteiger partial charge is 0.496 e. The van der Waals surface area contributed by atoms with Crippen molar-refractivity contribution in [3.63, 3.8) is 0 Å². The maximum atomic E-state index is 12.7. The van der Waals surface area contributed by atoms with E-state index in [1.54, 1.807) is 13.2 Å². The zero-order valence-corrected chi connectivity index (χ0v) is 19.2. The van der Waals surface area contributed by atoms with Crippen LogP contribution in [-0.4, -0.2) is 17.5 Å². The van der Waals surface area contributed by atoms with Crippen molar-refractivity contribution in [3.05, 3.63) is 118 Å². The van der Waals surface area contributed by atoms with Crippen LogP contribution in [0.2, 0.25) is 0 Å². The number of ether oxygens (including phenoxy) is 2. The van der Waals surface area contributed by atoms with Gasteiger partial charge in [0.1, 0.15) is 18.1 Å². The number of allylic oxidation sites excluding steroid dienone is 1. The molecule has 0 atom stereocenters. The van der Waals surface area contributed by atoms with Crippen molar-refractivity contribution in [2.75, 3.05) is 7.11 Å². The van der Waals surface area contributed by atoms with Gasteiger partial charge in [-0.1, -0.05) is 46.3 Å². The van der Waals surface area contributed by atoms with Crippen LogP contribution < -0.4 is 9.47 Å². The fourth-order valence-electron chi connectivity index (χ4n) is 3.33. The van der Waals surface area contributed by atoms with E-state index in [0.717, 1.165) is 32.8 Å². The van der Waals surface area contributed by atoms with Gasteiger partial charge >= 0.3 is 0 Å². The second-order valence-electron chi connectivity index (χ2n) is 7.16. The summed E-state index contributed by atoms with van der Waals surface area (Å²) in [5.41, 5.74) is 3.38. The minimum absolute atomic E-state index is 0.0539. The molecule has 5 heteroatoms. The van der Waals surface area contributed by atoms with Crippen LogP contribution >= 0.6 is 15.9 Å². The molecule has 0 unspecified atom stereocenters. The molecular formula is C27H22BrNO3. The Bertz CT molecular complexity index is 1250. The number of nitrogens with zero attached hydrogens (tertiary/aromatic N) is 1. The molecular weight excluding hydrogens is 466 g/mol. The van der Waals surface area contributed by atoms with Gasteiger partial charge in [-0.25, -0.2) is 0 Å². The van der Waals surface area contributed by atoms with Gasteiger partial charge in [-0.15, -0.1) is 0 Å². The molecule has 3 aromatic carbocycles. The average molecular weight is 488 g/mol. The number of rotatable bonds is 8. The topological polar surface area (TPSA) is 40.5 Å². The molecule has 0 radical (unpaired) electrons. The van der Waals surface area contributed by atoms with Crippen molar-refractivity contribution in [2.24, 2.45) is 0 Å². The third-order valence-corrected chi connectivity index (χ3v) is 5.45. The first-order valence-corrected chi connectivity index (χ1v) is 10.9. The Balaban J connectivity index is 1.49. The average Bonchev–Trinajstić information content (AvgIpc) is 3.36. The molecule has 160 valence electrons. The fourth-order valence-corrected chi connectivity index (χ4v) is 3.71. The summed E-state index contributed by atoms with van der Waals surface area (Å²) in [6.07, 6.45) is 7.31. The summed E-state index contributed by atoms with van der Waals surface area (Å²) in [5, 5.41) is 0. The van der Waals surface area contributed by atoms with Gasteiger partial charge in [-0.3, -0.25) is 4.79 Å². The standard InChI is InChI=1S/C27H22BrNO3/c1-31-27-13-11-20(16-22(27)19-32-25-9-5-7-23(28)18-25)10-12-26(30)21-6-4-8-24(17-21)29-14-2-3-15-29/h2-18H,19H2,1H3/b12-10+. The first-order chi connectivity index (χ1) is 15.6. The molecule has 1 aromatic heterocycles. The van der Waals surface area contributed by atoms with Crippen molar-refractivity contribution in [1.82, 2.24) is 4.57 Å². The molecule has 0 bridgehead atoms. The highest BCUT2D eigenvalue weighted by atomic mass is 79.9. The number of carbonyl (C=O) groups excluding carboxylic acids is 1. The number of benzene rings is 3. The van der Waals surface area contributed by atoms with Gasteiger partial charge in [-0.2, -0.15) is 0 Å². The van der Waals surface area contributed by atoms with Crippen molar-refractivity contribution >= 4 is 27.8 Å². The minimum Gasteiger partial charge on any atom is -0.496 e. The number of methoxy groups -OCH3 is 1. The van der Waals surface area contributed by atoms with Crippen LogP contribution in [0.15, 0.2) is 102 Å². The Kier molecular flexibility index (Phi) is 6.87. The van der Waals surface area contributed by atoms with Crippen LogP contribution in [0.4, 0.5) is 0 Å². The van der Waals surface area contributed by atoms with Gasteiger partial charge in [-0.05, 0) is 66.2 Å². The lowest BCUT2D eigenvalue weighted by molar-refractivity contribution is 0.104.